The lowest BCUT2D eigenvalue weighted by Gasteiger charge is -2.05. The molecule has 0 aliphatic rings. The summed E-state index contributed by atoms with van der Waals surface area (Å²) in [5, 5.41) is 6.31. The molecule has 106 valence electrons. The standard InChI is InChI=1S/C13H10ClN5OS/c14-9-3-1-2-4-10(9)19-12-8(5-18-19)13(17-7-16-12)21-6-11(15)20/h1-5,7H,6H2,(H2,15,20). The summed E-state index contributed by atoms with van der Waals surface area (Å²) in [4.78, 5) is 19.3. The Kier molecular flexibility index (Phi) is 3.76. The van der Waals surface area contributed by atoms with Crippen LogP contribution in [-0.2, 0) is 4.79 Å². The highest BCUT2D eigenvalue weighted by Crippen LogP contribution is 2.27. The number of amides is 1. The molecule has 8 heteroatoms. The molecule has 0 saturated heterocycles. The maximum absolute atomic E-state index is 10.9. The quantitative estimate of drug-likeness (QED) is 0.587. The van der Waals surface area contributed by atoms with Crippen molar-refractivity contribution in [2.75, 3.05) is 5.75 Å². The van der Waals surface area contributed by atoms with E-state index in [-0.39, 0.29) is 5.75 Å². The van der Waals surface area contributed by atoms with Crippen LogP contribution >= 0.6 is 23.4 Å². The van der Waals surface area contributed by atoms with E-state index in [9.17, 15) is 4.79 Å². The molecule has 0 unspecified atom stereocenters. The number of fused-ring (bicyclic) bond motifs is 1. The Morgan fingerprint density at radius 3 is 2.90 bits per heavy atom. The number of carbonyl (C=O) groups excluding carboxylic acids is 1. The number of thioether (sulfide) groups is 1. The fourth-order valence-corrected chi connectivity index (χ4v) is 2.79. The number of nitrogens with two attached hydrogens (primary N) is 1. The molecule has 3 rings (SSSR count). The predicted molar refractivity (Wildman–Crippen MR) is 81.6 cm³/mol. The van der Waals surface area contributed by atoms with Crippen molar-refractivity contribution in [3.63, 3.8) is 0 Å². The van der Waals surface area contributed by atoms with Crippen molar-refractivity contribution in [1.29, 1.82) is 0 Å². The fraction of sp³-hybridized carbons (Fsp3) is 0.0769. The summed E-state index contributed by atoms with van der Waals surface area (Å²) >= 11 is 7.45. The van der Waals surface area contributed by atoms with E-state index in [4.69, 9.17) is 17.3 Å². The van der Waals surface area contributed by atoms with E-state index in [0.717, 1.165) is 11.1 Å². The molecule has 1 aromatic carbocycles. The van der Waals surface area contributed by atoms with E-state index < -0.39 is 5.91 Å². The van der Waals surface area contributed by atoms with Gasteiger partial charge in [-0.2, -0.15) is 5.10 Å². The highest BCUT2D eigenvalue weighted by atomic mass is 35.5. The molecule has 0 bridgehead atoms. The summed E-state index contributed by atoms with van der Waals surface area (Å²) in [7, 11) is 0. The predicted octanol–water partition coefficient (Wildman–Crippen LogP) is 2.05. The molecule has 0 fully saturated rings. The van der Waals surface area contributed by atoms with Gasteiger partial charge in [-0.25, -0.2) is 14.6 Å². The lowest BCUT2D eigenvalue weighted by atomic mass is 10.3. The van der Waals surface area contributed by atoms with E-state index in [1.54, 1.807) is 16.9 Å². The first kappa shape index (κ1) is 13.8. The van der Waals surface area contributed by atoms with Crippen molar-refractivity contribution in [2.45, 2.75) is 5.03 Å². The second-order valence-corrected chi connectivity index (χ2v) is 5.55. The second-order valence-electron chi connectivity index (χ2n) is 4.18. The molecule has 0 atom stereocenters. The van der Waals surface area contributed by atoms with Crippen molar-refractivity contribution in [2.24, 2.45) is 5.73 Å². The number of primary amides is 1. The van der Waals surface area contributed by atoms with Gasteiger partial charge in [0.15, 0.2) is 5.65 Å². The van der Waals surface area contributed by atoms with Crippen molar-refractivity contribution in [3.8, 4) is 5.69 Å². The highest BCUT2D eigenvalue weighted by molar-refractivity contribution is 8.00. The lowest BCUT2D eigenvalue weighted by molar-refractivity contribution is -0.115. The summed E-state index contributed by atoms with van der Waals surface area (Å²) < 4.78 is 1.65. The minimum Gasteiger partial charge on any atom is -0.369 e. The van der Waals surface area contributed by atoms with E-state index in [0.29, 0.717) is 15.7 Å². The van der Waals surface area contributed by atoms with Crippen molar-refractivity contribution in [1.82, 2.24) is 19.7 Å². The molecule has 0 aliphatic heterocycles. The fourth-order valence-electron chi connectivity index (χ4n) is 1.88. The largest absolute Gasteiger partial charge is 0.369 e. The number of hydrogen-bond donors (Lipinski definition) is 1. The van der Waals surface area contributed by atoms with Crippen LogP contribution in [0.3, 0.4) is 0 Å². The number of carbonyl (C=O) groups is 1. The van der Waals surface area contributed by atoms with Crippen LogP contribution in [0.1, 0.15) is 0 Å². The molecule has 2 aromatic heterocycles. The normalized spacial score (nSPS) is 10.9. The number of nitrogens with zero attached hydrogens (tertiary/aromatic N) is 4. The minimum atomic E-state index is -0.398. The Labute approximate surface area is 129 Å². The molecule has 0 saturated carbocycles. The van der Waals surface area contributed by atoms with Gasteiger partial charge in [-0.15, -0.1) is 0 Å². The van der Waals surface area contributed by atoms with Crippen LogP contribution in [0.5, 0.6) is 0 Å². The van der Waals surface area contributed by atoms with Crippen LogP contribution in [0.15, 0.2) is 41.8 Å². The van der Waals surface area contributed by atoms with Gasteiger partial charge in [-0.05, 0) is 12.1 Å². The third kappa shape index (κ3) is 2.70. The summed E-state index contributed by atoms with van der Waals surface area (Å²) in [5.74, 6) is -0.242. The van der Waals surface area contributed by atoms with Gasteiger partial charge in [-0.1, -0.05) is 35.5 Å². The van der Waals surface area contributed by atoms with E-state index in [1.165, 1.54) is 18.1 Å². The van der Waals surface area contributed by atoms with E-state index in [1.807, 2.05) is 18.2 Å². The Morgan fingerprint density at radius 2 is 2.14 bits per heavy atom. The maximum atomic E-state index is 10.9. The first-order valence-corrected chi connectivity index (χ1v) is 7.38. The average molecular weight is 320 g/mol. The molecule has 6 nitrogen and oxygen atoms in total. The highest BCUT2D eigenvalue weighted by Gasteiger charge is 2.13. The third-order valence-electron chi connectivity index (χ3n) is 2.76. The third-order valence-corrected chi connectivity index (χ3v) is 4.11. The average Bonchev–Trinajstić information content (AvgIpc) is 2.90. The zero-order valence-corrected chi connectivity index (χ0v) is 12.3. The number of benzene rings is 1. The first-order chi connectivity index (χ1) is 10.2. The van der Waals surface area contributed by atoms with Crippen LogP contribution in [0.25, 0.3) is 16.7 Å². The second kappa shape index (κ2) is 5.71. The summed E-state index contributed by atoms with van der Waals surface area (Å²) in [6.07, 6.45) is 3.09. The molecular formula is C13H10ClN5OS. The number of rotatable bonds is 4. The van der Waals surface area contributed by atoms with Crippen molar-refractivity contribution in [3.05, 3.63) is 41.8 Å². The van der Waals surface area contributed by atoms with Crippen LogP contribution in [-0.4, -0.2) is 31.4 Å². The molecule has 2 heterocycles. The van der Waals surface area contributed by atoms with Gasteiger partial charge in [0.05, 0.1) is 28.0 Å². The van der Waals surface area contributed by atoms with Crippen molar-refractivity contribution < 1.29 is 4.79 Å². The van der Waals surface area contributed by atoms with Gasteiger partial charge in [0.25, 0.3) is 0 Å². The van der Waals surface area contributed by atoms with Crippen molar-refractivity contribution >= 4 is 40.3 Å². The molecule has 21 heavy (non-hydrogen) atoms. The van der Waals surface area contributed by atoms with E-state index >= 15 is 0 Å². The van der Waals surface area contributed by atoms with E-state index in [2.05, 4.69) is 15.1 Å². The zero-order chi connectivity index (χ0) is 14.8. The Bertz CT molecular complexity index is 819. The number of para-hydroxylation sites is 1. The Hall–Kier alpha value is -2.12. The lowest BCUT2D eigenvalue weighted by Crippen LogP contribution is -2.13. The van der Waals surface area contributed by atoms with Gasteiger partial charge in [0.2, 0.25) is 5.91 Å². The Morgan fingerprint density at radius 1 is 1.33 bits per heavy atom. The summed E-state index contributed by atoms with van der Waals surface area (Å²) in [6.45, 7) is 0. The topological polar surface area (TPSA) is 86.7 Å². The monoisotopic (exact) mass is 319 g/mol. The zero-order valence-electron chi connectivity index (χ0n) is 10.7. The summed E-state index contributed by atoms with van der Waals surface area (Å²) in [6, 6.07) is 7.36. The van der Waals surface area contributed by atoms with Gasteiger partial charge in [0, 0.05) is 0 Å². The molecule has 2 N–H and O–H groups in total. The Balaban J connectivity index is 2.09. The smallest absolute Gasteiger partial charge is 0.227 e. The van der Waals surface area contributed by atoms with Gasteiger partial charge >= 0.3 is 0 Å². The minimum absolute atomic E-state index is 0.156. The number of aromatic nitrogens is 4. The molecule has 1 amide bonds. The van der Waals surface area contributed by atoms with Crippen LogP contribution in [0.4, 0.5) is 0 Å². The molecule has 0 radical (unpaired) electrons. The van der Waals surface area contributed by atoms with Gasteiger partial charge < -0.3 is 5.73 Å². The molecule has 0 aliphatic carbocycles. The molecule has 0 spiro atoms. The molecular weight excluding hydrogens is 310 g/mol. The number of halogens is 1. The van der Waals surface area contributed by atoms with Gasteiger partial charge in [-0.3, -0.25) is 4.79 Å². The number of hydrogen-bond acceptors (Lipinski definition) is 5. The van der Waals surface area contributed by atoms with Crippen LogP contribution in [0.2, 0.25) is 5.02 Å². The first-order valence-electron chi connectivity index (χ1n) is 6.01. The maximum Gasteiger partial charge on any atom is 0.227 e. The SMILES string of the molecule is NC(=O)CSc1ncnc2c1cnn2-c1ccccc1Cl. The van der Waals surface area contributed by atoms with Crippen LogP contribution < -0.4 is 5.73 Å². The van der Waals surface area contributed by atoms with Crippen LogP contribution in [0, 0.1) is 0 Å². The van der Waals surface area contributed by atoms with Gasteiger partial charge in [0.1, 0.15) is 11.4 Å². The molecule has 3 aromatic rings. The summed E-state index contributed by atoms with van der Waals surface area (Å²) in [5.41, 5.74) is 6.52.